The van der Waals surface area contributed by atoms with Crippen LogP contribution in [-0.4, -0.2) is 42.5 Å². The fourth-order valence-electron chi connectivity index (χ4n) is 2.65. The van der Waals surface area contributed by atoms with Crippen molar-refractivity contribution < 1.29 is 19.1 Å². The zero-order chi connectivity index (χ0) is 20.6. The minimum absolute atomic E-state index is 0.0301. The first-order chi connectivity index (χ1) is 14.0. The summed E-state index contributed by atoms with van der Waals surface area (Å²) >= 11 is 1.45. The third kappa shape index (κ3) is 5.89. The van der Waals surface area contributed by atoms with Crippen molar-refractivity contribution in [3.63, 3.8) is 0 Å². The molecule has 0 atom stereocenters. The van der Waals surface area contributed by atoms with Crippen LogP contribution in [0.2, 0.25) is 0 Å². The van der Waals surface area contributed by atoms with Crippen LogP contribution < -0.4 is 4.74 Å². The van der Waals surface area contributed by atoms with Crippen molar-refractivity contribution >= 4 is 23.2 Å². The van der Waals surface area contributed by atoms with Crippen LogP contribution in [-0.2, 0) is 27.3 Å². The summed E-state index contributed by atoms with van der Waals surface area (Å²) in [6, 6.07) is 17.2. The van der Waals surface area contributed by atoms with E-state index in [1.165, 1.54) is 16.2 Å². The zero-order valence-electron chi connectivity index (χ0n) is 16.3. The van der Waals surface area contributed by atoms with E-state index in [0.717, 1.165) is 21.9 Å². The van der Waals surface area contributed by atoms with Gasteiger partial charge in [0.2, 0.25) is 0 Å². The number of likely N-dealkylation sites (N-methyl/N-ethyl adjacent to an activating group) is 1. The molecule has 0 saturated carbocycles. The van der Waals surface area contributed by atoms with E-state index in [1.807, 2.05) is 60.0 Å². The maximum Gasteiger partial charge on any atom is 0.312 e. The molecule has 150 valence electrons. The lowest BCUT2D eigenvalue weighted by molar-refractivity contribution is -0.151. The van der Waals surface area contributed by atoms with Crippen molar-refractivity contribution in [1.29, 1.82) is 0 Å². The van der Waals surface area contributed by atoms with Crippen LogP contribution in [0.1, 0.15) is 11.3 Å². The second-order valence-corrected chi connectivity index (χ2v) is 7.30. The number of carbonyl (C=O) groups excluding carboxylic acids is 2. The largest absolute Gasteiger partial charge is 0.497 e. The molecule has 0 spiro atoms. The van der Waals surface area contributed by atoms with Crippen LogP contribution in [0.5, 0.6) is 5.75 Å². The Morgan fingerprint density at radius 1 is 1.07 bits per heavy atom. The monoisotopic (exact) mass is 410 g/mol. The first kappa shape index (κ1) is 20.5. The lowest BCUT2D eigenvalue weighted by Gasteiger charge is -2.17. The summed E-state index contributed by atoms with van der Waals surface area (Å²) in [7, 11) is 3.30. The van der Waals surface area contributed by atoms with Gasteiger partial charge in [-0.25, -0.2) is 4.98 Å². The van der Waals surface area contributed by atoms with Gasteiger partial charge in [0, 0.05) is 24.5 Å². The van der Waals surface area contributed by atoms with E-state index in [0.29, 0.717) is 12.2 Å². The van der Waals surface area contributed by atoms with E-state index in [4.69, 9.17) is 9.47 Å². The van der Waals surface area contributed by atoms with Gasteiger partial charge < -0.3 is 14.4 Å². The highest BCUT2D eigenvalue weighted by Gasteiger charge is 2.14. The standard InChI is InChI=1S/C22H22N2O4S/c1-24(13-16-6-4-3-5-7-16)20(25)14-28-21(26)12-18-15-29-22(23-18)17-8-10-19(27-2)11-9-17/h3-11,15H,12-14H2,1-2H3. The number of methoxy groups -OCH3 is 1. The highest BCUT2D eigenvalue weighted by atomic mass is 32.1. The predicted molar refractivity (Wildman–Crippen MR) is 112 cm³/mol. The van der Waals surface area contributed by atoms with Gasteiger partial charge in [0.05, 0.1) is 19.2 Å². The topological polar surface area (TPSA) is 68.7 Å². The van der Waals surface area contributed by atoms with Gasteiger partial charge in [-0.15, -0.1) is 11.3 Å². The quantitative estimate of drug-likeness (QED) is 0.531. The molecule has 29 heavy (non-hydrogen) atoms. The van der Waals surface area contributed by atoms with Crippen LogP contribution in [0, 0.1) is 0 Å². The van der Waals surface area contributed by atoms with Crippen molar-refractivity contribution in [3.05, 3.63) is 71.2 Å². The molecule has 0 radical (unpaired) electrons. The van der Waals surface area contributed by atoms with Crippen molar-refractivity contribution in [3.8, 4) is 16.3 Å². The summed E-state index contributed by atoms with van der Waals surface area (Å²) in [5.74, 6) is 0.0495. The number of rotatable bonds is 8. The summed E-state index contributed by atoms with van der Waals surface area (Å²) in [6.45, 7) is 0.187. The van der Waals surface area contributed by atoms with Crippen molar-refractivity contribution in [2.45, 2.75) is 13.0 Å². The second-order valence-electron chi connectivity index (χ2n) is 6.45. The highest BCUT2D eigenvalue weighted by Crippen LogP contribution is 2.25. The van der Waals surface area contributed by atoms with Crippen LogP contribution in [0.3, 0.4) is 0 Å². The molecule has 0 unspecified atom stereocenters. The van der Waals surface area contributed by atoms with Crippen molar-refractivity contribution in [1.82, 2.24) is 9.88 Å². The Labute approximate surface area is 173 Å². The number of thiazole rings is 1. The molecule has 3 rings (SSSR count). The number of carbonyl (C=O) groups is 2. The minimum Gasteiger partial charge on any atom is -0.497 e. The molecule has 0 N–H and O–H groups in total. The van der Waals surface area contributed by atoms with E-state index in [9.17, 15) is 9.59 Å². The highest BCUT2D eigenvalue weighted by molar-refractivity contribution is 7.13. The minimum atomic E-state index is -0.474. The molecule has 0 aliphatic rings. The molecule has 1 heterocycles. The molecule has 0 aliphatic heterocycles. The van der Waals surface area contributed by atoms with E-state index in [-0.39, 0.29) is 18.9 Å². The number of esters is 1. The first-order valence-electron chi connectivity index (χ1n) is 9.07. The molecular formula is C22H22N2O4S. The Morgan fingerprint density at radius 3 is 2.48 bits per heavy atom. The van der Waals surface area contributed by atoms with Gasteiger partial charge in [0.1, 0.15) is 10.8 Å². The van der Waals surface area contributed by atoms with Gasteiger partial charge in [-0.2, -0.15) is 0 Å². The number of nitrogens with zero attached hydrogens (tertiary/aromatic N) is 2. The van der Waals surface area contributed by atoms with E-state index in [1.54, 1.807) is 14.2 Å². The van der Waals surface area contributed by atoms with E-state index >= 15 is 0 Å². The van der Waals surface area contributed by atoms with Crippen molar-refractivity contribution in [2.75, 3.05) is 20.8 Å². The number of benzene rings is 2. The third-order valence-corrected chi connectivity index (χ3v) is 5.20. The first-order valence-corrected chi connectivity index (χ1v) is 9.95. The normalized spacial score (nSPS) is 10.4. The van der Waals surface area contributed by atoms with Gasteiger partial charge in [-0.1, -0.05) is 30.3 Å². The molecule has 6 nitrogen and oxygen atoms in total. The Balaban J connectivity index is 1.48. The zero-order valence-corrected chi connectivity index (χ0v) is 17.1. The van der Waals surface area contributed by atoms with Crippen LogP contribution in [0.4, 0.5) is 0 Å². The van der Waals surface area contributed by atoms with Gasteiger partial charge in [-0.05, 0) is 29.8 Å². The molecule has 1 aromatic heterocycles. The average molecular weight is 410 g/mol. The number of hydrogen-bond donors (Lipinski definition) is 0. The van der Waals surface area contributed by atoms with Gasteiger partial charge in [-0.3, -0.25) is 9.59 Å². The van der Waals surface area contributed by atoms with Gasteiger partial charge in [0.25, 0.3) is 5.91 Å². The number of hydrogen-bond acceptors (Lipinski definition) is 6. The SMILES string of the molecule is COc1ccc(-c2nc(CC(=O)OCC(=O)N(C)Cc3ccccc3)cs2)cc1. The van der Waals surface area contributed by atoms with Crippen LogP contribution >= 0.6 is 11.3 Å². The molecule has 3 aromatic rings. The van der Waals surface area contributed by atoms with E-state index in [2.05, 4.69) is 4.98 Å². The predicted octanol–water partition coefficient (Wildman–Crippen LogP) is 3.56. The summed E-state index contributed by atoms with van der Waals surface area (Å²) < 4.78 is 10.3. The molecule has 2 aromatic carbocycles. The van der Waals surface area contributed by atoms with E-state index < -0.39 is 5.97 Å². The molecule has 1 amide bonds. The molecule has 7 heteroatoms. The summed E-state index contributed by atoms with van der Waals surface area (Å²) in [5, 5.41) is 2.64. The molecule has 0 aliphatic carbocycles. The summed E-state index contributed by atoms with van der Waals surface area (Å²) in [5.41, 5.74) is 2.59. The average Bonchev–Trinajstić information content (AvgIpc) is 3.21. The lowest BCUT2D eigenvalue weighted by Crippen LogP contribution is -2.31. The molecule has 0 fully saturated rings. The van der Waals surface area contributed by atoms with Gasteiger partial charge >= 0.3 is 5.97 Å². The van der Waals surface area contributed by atoms with Gasteiger partial charge in [0.15, 0.2) is 6.61 Å². The smallest absolute Gasteiger partial charge is 0.312 e. The van der Waals surface area contributed by atoms with Crippen LogP contribution in [0.15, 0.2) is 60.0 Å². The second kappa shape index (κ2) is 9.84. The number of aromatic nitrogens is 1. The fourth-order valence-corrected chi connectivity index (χ4v) is 3.48. The van der Waals surface area contributed by atoms with Crippen LogP contribution in [0.25, 0.3) is 10.6 Å². The molecular weight excluding hydrogens is 388 g/mol. The maximum atomic E-state index is 12.2. The molecule has 0 saturated heterocycles. The number of amides is 1. The Hall–Kier alpha value is -3.19. The molecule has 0 bridgehead atoms. The Morgan fingerprint density at radius 2 is 1.79 bits per heavy atom. The summed E-state index contributed by atoms with van der Waals surface area (Å²) in [6.07, 6.45) is 0.0301. The maximum absolute atomic E-state index is 12.2. The Bertz CT molecular complexity index is 954. The summed E-state index contributed by atoms with van der Waals surface area (Å²) in [4.78, 5) is 30.3. The Kier molecular flexibility index (Phi) is 6.97. The van der Waals surface area contributed by atoms with Crippen molar-refractivity contribution in [2.24, 2.45) is 0 Å². The lowest BCUT2D eigenvalue weighted by atomic mass is 10.2. The number of ether oxygens (including phenoxy) is 2. The fraction of sp³-hybridized carbons (Fsp3) is 0.227. The third-order valence-electron chi connectivity index (χ3n) is 4.26.